The number of alkyl halides is 3. The molecular weight excluding hydrogens is 253 g/mol. The van der Waals surface area contributed by atoms with Gasteiger partial charge in [-0.2, -0.15) is 31.0 Å². The van der Waals surface area contributed by atoms with Crippen LogP contribution in [-0.4, -0.2) is 48.4 Å². The third-order valence-electron chi connectivity index (χ3n) is 2.05. The molecule has 0 aliphatic carbocycles. The van der Waals surface area contributed by atoms with E-state index in [9.17, 15) is 21.6 Å². The Morgan fingerprint density at radius 2 is 2.00 bits per heavy atom. The minimum atomic E-state index is -4.43. The molecule has 0 aromatic carbocycles. The maximum Gasteiger partial charge on any atom is 0.406 e. The van der Waals surface area contributed by atoms with Gasteiger partial charge in [-0.15, -0.1) is 0 Å². The van der Waals surface area contributed by atoms with Gasteiger partial charge in [-0.25, -0.2) is 0 Å². The summed E-state index contributed by atoms with van der Waals surface area (Å²) in [6.07, 6.45) is -3.50. The van der Waals surface area contributed by atoms with Gasteiger partial charge >= 0.3 is 6.18 Å². The van der Waals surface area contributed by atoms with Crippen LogP contribution >= 0.6 is 11.9 Å². The van der Waals surface area contributed by atoms with E-state index in [1.807, 2.05) is 0 Å². The van der Waals surface area contributed by atoms with Gasteiger partial charge in [0.2, 0.25) is 10.3 Å². The minimum absolute atomic E-state index is 0.244. The summed E-state index contributed by atoms with van der Waals surface area (Å²) in [5, 5.41) is 1.02. The third-order valence-corrected chi connectivity index (χ3v) is 3.74. The van der Waals surface area contributed by atoms with Gasteiger partial charge in [0.25, 0.3) is 0 Å². The van der Waals surface area contributed by atoms with Gasteiger partial charge in [0, 0.05) is 13.5 Å². The summed E-state index contributed by atoms with van der Waals surface area (Å²) in [6.45, 7) is 0. The monoisotopic (exact) mass is 262 g/mol. The average Bonchev–Trinajstić information content (AvgIpc) is 2.41. The van der Waals surface area contributed by atoms with Crippen LogP contribution in [0.25, 0.3) is 0 Å². The molecule has 9 heteroatoms. The molecule has 15 heavy (non-hydrogen) atoms. The molecule has 1 atom stereocenters. The van der Waals surface area contributed by atoms with Gasteiger partial charge in [0.15, 0.2) is 0 Å². The van der Waals surface area contributed by atoms with Gasteiger partial charge < -0.3 is 0 Å². The van der Waals surface area contributed by atoms with Gasteiger partial charge in [-0.05, 0) is 6.26 Å². The normalized spacial score (nSPS) is 24.9. The Morgan fingerprint density at radius 3 is 2.27 bits per heavy atom. The summed E-state index contributed by atoms with van der Waals surface area (Å²) in [5.41, 5.74) is 0. The van der Waals surface area contributed by atoms with Crippen LogP contribution in [0.3, 0.4) is 0 Å². The lowest BCUT2D eigenvalue weighted by Gasteiger charge is -2.27. The van der Waals surface area contributed by atoms with E-state index >= 15 is 0 Å². The molecule has 1 heterocycles. The summed E-state index contributed by atoms with van der Waals surface area (Å²) in [7, 11) is -1.31. The zero-order valence-electron chi connectivity index (χ0n) is 7.95. The molecule has 1 saturated heterocycles. The van der Waals surface area contributed by atoms with Crippen LogP contribution in [-0.2, 0) is 10.3 Å². The Balaban J connectivity index is 3.10. The molecule has 0 radical (unpaired) electrons. The predicted molar refractivity (Wildman–Crippen MR) is 51.5 cm³/mol. The molecule has 1 fully saturated rings. The van der Waals surface area contributed by atoms with E-state index in [0.29, 0.717) is 0 Å². The van der Waals surface area contributed by atoms with Crippen molar-refractivity contribution in [1.82, 2.24) is 9.42 Å². The molecular formula is C6H9F3N2O2S2. The molecule has 4 nitrogen and oxygen atoms in total. The van der Waals surface area contributed by atoms with Crippen molar-refractivity contribution < 1.29 is 21.6 Å². The molecule has 1 rings (SSSR count). The van der Waals surface area contributed by atoms with Crippen LogP contribution in [0.4, 0.5) is 13.2 Å². The van der Waals surface area contributed by atoms with Crippen LogP contribution in [0.15, 0.2) is 0 Å². The number of hydrogen-bond acceptors (Lipinski definition) is 4. The Kier molecular flexibility index (Phi) is 3.69. The Labute approximate surface area is 90.7 Å². The van der Waals surface area contributed by atoms with Crippen LogP contribution in [0.1, 0.15) is 6.42 Å². The third kappa shape index (κ3) is 2.47. The topological polar surface area (TPSA) is 40.6 Å². The van der Waals surface area contributed by atoms with E-state index in [1.165, 1.54) is 13.3 Å². The minimum Gasteiger partial charge on any atom is -0.193 e. The SMILES string of the molecule is CSN1C(C(F)(F)F)CC(=S(=O)=O)N1C. The summed E-state index contributed by atoms with van der Waals surface area (Å²) < 4.78 is 59.8. The quantitative estimate of drug-likeness (QED) is 0.515. The van der Waals surface area contributed by atoms with Gasteiger partial charge in [0.05, 0.1) is 0 Å². The first-order chi connectivity index (χ1) is 6.79. The fraction of sp³-hybridized carbons (Fsp3) is 0.833. The molecule has 0 aromatic heterocycles. The second kappa shape index (κ2) is 4.32. The smallest absolute Gasteiger partial charge is 0.193 e. The zero-order chi connectivity index (χ0) is 11.8. The van der Waals surface area contributed by atoms with Crippen LogP contribution in [0.5, 0.6) is 0 Å². The van der Waals surface area contributed by atoms with Crippen molar-refractivity contribution in [3.05, 3.63) is 0 Å². The van der Waals surface area contributed by atoms with E-state index in [-0.39, 0.29) is 4.99 Å². The molecule has 0 spiro atoms. The van der Waals surface area contributed by atoms with E-state index in [0.717, 1.165) is 21.4 Å². The summed E-state index contributed by atoms with van der Waals surface area (Å²) in [6, 6.07) is -1.77. The van der Waals surface area contributed by atoms with Crippen molar-refractivity contribution in [2.75, 3.05) is 13.3 Å². The highest BCUT2D eigenvalue weighted by Gasteiger charge is 2.51. The van der Waals surface area contributed by atoms with Crippen LogP contribution < -0.4 is 0 Å². The first kappa shape index (κ1) is 12.8. The van der Waals surface area contributed by atoms with Crippen molar-refractivity contribution >= 4 is 27.2 Å². The second-order valence-corrected chi connectivity index (χ2v) is 4.58. The fourth-order valence-corrected chi connectivity index (χ4v) is 2.80. The van der Waals surface area contributed by atoms with Crippen LogP contribution in [0, 0.1) is 0 Å². The molecule has 1 unspecified atom stereocenters. The first-order valence-electron chi connectivity index (χ1n) is 3.87. The molecule has 88 valence electrons. The predicted octanol–water partition coefficient (Wildman–Crippen LogP) is 0.757. The van der Waals surface area contributed by atoms with E-state index in [2.05, 4.69) is 0 Å². The molecule has 0 bridgehead atoms. The number of halogens is 3. The summed E-state index contributed by atoms with van der Waals surface area (Å²) in [4.78, 5) is -0.244. The largest absolute Gasteiger partial charge is 0.406 e. The standard InChI is InChI=1S/C6H9F3N2O2S2/c1-10-5(15(12)13)3-4(6(7,8)9)11(10)14-2/h4H,3H2,1-2H3. The average molecular weight is 262 g/mol. The van der Waals surface area contributed by atoms with E-state index < -0.39 is 28.9 Å². The lowest BCUT2D eigenvalue weighted by Crippen LogP contribution is -2.41. The van der Waals surface area contributed by atoms with Gasteiger partial charge in [0.1, 0.15) is 11.0 Å². The molecule has 1 aliphatic heterocycles. The van der Waals surface area contributed by atoms with Gasteiger partial charge in [-0.1, -0.05) is 11.9 Å². The number of nitrogens with zero attached hydrogens (tertiary/aromatic N) is 2. The van der Waals surface area contributed by atoms with Gasteiger partial charge in [-0.3, -0.25) is 0 Å². The van der Waals surface area contributed by atoms with Crippen LogP contribution in [0.2, 0.25) is 0 Å². The Bertz CT molecular complexity index is 370. The lowest BCUT2D eigenvalue weighted by atomic mass is 10.2. The summed E-state index contributed by atoms with van der Waals surface area (Å²) >= 11 is 0.842. The highest BCUT2D eigenvalue weighted by molar-refractivity contribution is 7.96. The molecule has 0 N–H and O–H groups in total. The maximum absolute atomic E-state index is 12.5. The maximum atomic E-state index is 12.5. The van der Waals surface area contributed by atoms with Crippen molar-refractivity contribution in [3.63, 3.8) is 0 Å². The highest BCUT2D eigenvalue weighted by Crippen LogP contribution is 2.36. The zero-order valence-corrected chi connectivity index (χ0v) is 9.58. The molecule has 0 aromatic rings. The van der Waals surface area contributed by atoms with Crippen molar-refractivity contribution in [2.45, 2.75) is 18.6 Å². The second-order valence-electron chi connectivity index (χ2n) is 2.90. The van der Waals surface area contributed by atoms with Crippen molar-refractivity contribution in [3.8, 4) is 0 Å². The first-order valence-corrected chi connectivity index (χ1v) is 6.13. The Morgan fingerprint density at radius 1 is 1.47 bits per heavy atom. The Hall–Kier alpha value is -0.250. The number of hydrogen-bond donors (Lipinski definition) is 0. The molecule has 1 aliphatic rings. The lowest BCUT2D eigenvalue weighted by molar-refractivity contribution is -0.174. The van der Waals surface area contributed by atoms with E-state index in [4.69, 9.17) is 0 Å². The van der Waals surface area contributed by atoms with Crippen molar-refractivity contribution in [2.24, 2.45) is 0 Å². The number of hydrazine groups is 1. The fourth-order valence-electron chi connectivity index (χ4n) is 1.36. The molecule has 0 saturated carbocycles. The highest BCUT2D eigenvalue weighted by atomic mass is 32.2. The van der Waals surface area contributed by atoms with Crippen molar-refractivity contribution in [1.29, 1.82) is 0 Å². The van der Waals surface area contributed by atoms with E-state index in [1.54, 1.807) is 0 Å². The number of rotatable bonds is 1. The molecule has 0 amide bonds. The summed E-state index contributed by atoms with van der Waals surface area (Å²) in [5.74, 6) is 0.